The van der Waals surface area contributed by atoms with E-state index < -0.39 is 5.97 Å². The second-order valence-electron chi connectivity index (χ2n) is 6.12. The van der Waals surface area contributed by atoms with E-state index in [-0.39, 0.29) is 19.2 Å². The minimum Gasteiger partial charge on any atom is -0.463 e. The normalized spacial score (nSPS) is 13.9. The van der Waals surface area contributed by atoms with Gasteiger partial charge in [-0.1, -0.05) is 30.0 Å². The minimum absolute atomic E-state index is 0.128. The minimum atomic E-state index is -0.445. The van der Waals surface area contributed by atoms with Gasteiger partial charge in [0.15, 0.2) is 11.6 Å². The molecule has 1 aromatic carbocycles. The molecule has 29 heavy (non-hydrogen) atoms. The predicted octanol–water partition coefficient (Wildman–Crippen LogP) is 3.11. The Labute approximate surface area is 170 Å². The van der Waals surface area contributed by atoms with E-state index in [1.165, 1.54) is 11.8 Å². The van der Waals surface area contributed by atoms with E-state index >= 15 is 0 Å². The smallest absolute Gasteiger partial charge is 0.337 e. The van der Waals surface area contributed by atoms with E-state index in [1.54, 1.807) is 25.3 Å². The molecule has 9 heteroatoms. The number of amides is 2. The molecular formula is C20H18N4O4S. The molecule has 3 aromatic rings. The van der Waals surface area contributed by atoms with Gasteiger partial charge >= 0.3 is 12.0 Å². The SMILES string of the molecule is CCOC(=O)C1=C(CSc2nc(-c3ccco3)nc3ccccc23)NC(=O)NC1. The van der Waals surface area contributed by atoms with E-state index in [9.17, 15) is 9.59 Å². The first-order valence-electron chi connectivity index (χ1n) is 9.03. The van der Waals surface area contributed by atoms with Gasteiger partial charge in [0.2, 0.25) is 0 Å². The molecule has 8 nitrogen and oxygen atoms in total. The highest BCUT2D eigenvalue weighted by molar-refractivity contribution is 7.99. The van der Waals surface area contributed by atoms with Crippen molar-refractivity contribution >= 4 is 34.7 Å². The molecule has 0 fully saturated rings. The maximum atomic E-state index is 12.2. The maximum Gasteiger partial charge on any atom is 0.337 e. The van der Waals surface area contributed by atoms with Crippen molar-refractivity contribution in [1.82, 2.24) is 20.6 Å². The Bertz CT molecular complexity index is 1100. The summed E-state index contributed by atoms with van der Waals surface area (Å²) in [6.07, 6.45) is 1.57. The van der Waals surface area contributed by atoms with Gasteiger partial charge in [-0.05, 0) is 25.1 Å². The molecule has 1 aliphatic heterocycles. The van der Waals surface area contributed by atoms with Crippen LogP contribution >= 0.6 is 11.8 Å². The van der Waals surface area contributed by atoms with Gasteiger partial charge in [-0.2, -0.15) is 0 Å². The molecule has 0 saturated heterocycles. The van der Waals surface area contributed by atoms with Gasteiger partial charge in [0.1, 0.15) is 5.03 Å². The lowest BCUT2D eigenvalue weighted by Crippen LogP contribution is -2.44. The lowest BCUT2D eigenvalue weighted by molar-refractivity contribution is -0.138. The highest BCUT2D eigenvalue weighted by atomic mass is 32.2. The maximum absolute atomic E-state index is 12.2. The number of ether oxygens (including phenoxy) is 1. The highest BCUT2D eigenvalue weighted by Crippen LogP contribution is 2.30. The summed E-state index contributed by atoms with van der Waals surface area (Å²) < 4.78 is 10.5. The van der Waals surface area contributed by atoms with Crippen LogP contribution in [0, 0.1) is 0 Å². The van der Waals surface area contributed by atoms with Crippen molar-refractivity contribution in [2.24, 2.45) is 0 Å². The first-order chi connectivity index (χ1) is 14.2. The second-order valence-corrected chi connectivity index (χ2v) is 7.08. The second kappa shape index (κ2) is 8.36. The van der Waals surface area contributed by atoms with Gasteiger partial charge in [-0.3, -0.25) is 0 Å². The Hall–Kier alpha value is -3.33. The Kier molecular flexibility index (Phi) is 5.48. The van der Waals surface area contributed by atoms with Gasteiger partial charge < -0.3 is 19.8 Å². The number of carbonyl (C=O) groups excluding carboxylic acids is 2. The van der Waals surface area contributed by atoms with Gasteiger partial charge in [-0.15, -0.1) is 0 Å². The molecule has 148 valence electrons. The van der Waals surface area contributed by atoms with Crippen LogP contribution in [-0.4, -0.2) is 40.9 Å². The van der Waals surface area contributed by atoms with Gasteiger partial charge in [0.05, 0.1) is 30.5 Å². The molecule has 0 radical (unpaired) electrons. The molecule has 0 aliphatic carbocycles. The molecule has 2 amide bonds. The third-order valence-electron chi connectivity index (χ3n) is 4.24. The molecule has 1 aliphatic rings. The van der Waals surface area contributed by atoms with Crippen LogP contribution < -0.4 is 10.6 Å². The summed E-state index contributed by atoms with van der Waals surface area (Å²) in [5, 5.41) is 6.92. The summed E-state index contributed by atoms with van der Waals surface area (Å²) in [6.45, 7) is 2.13. The fourth-order valence-electron chi connectivity index (χ4n) is 2.88. The predicted molar refractivity (Wildman–Crippen MR) is 108 cm³/mol. The first kappa shape index (κ1) is 19.0. The number of esters is 1. The summed E-state index contributed by atoms with van der Waals surface area (Å²) >= 11 is 1.41. The van der Waals surface area contributed by atoms with Gasteiger partial charge in [0, 0.05) is 16.8 Å². The number of benzene rings is 1. The standard InChI is InChI=1S/C20H18N4O4S/c1-2-27-19(25)13-10-21-20(26)23-15(13)11-29-18-12-6-3-4-7-14(12)22-17(24-18)16-8-5-9-28-16/h3-9H,2,10-11H2,1H3,(H2,21,23,26). The Morgan fingerprint density at radius 3 is 2.90 bits per heavy atom. The summed E-state index contributed by atoms with van der Waals surface area (Å²) in [4.78, 5) is 33.2. The van der Waals surface area contributed by atoms with E-state index in [0.717, 1.165) is 15.9 Å². The van der Waals surface area contributed by atoms with Crippen LogP contribution in [0.3, 0.4) is 0 Å². The summed E-state index contributed by atoms with van der Waals surface area (Å²) in [5.74, 6) is 0.948. The molecule has 0 unspecified atom stereocenters. The Balaban J connectivity index is 1.68. The fraction of sp³-hybridized carbons (Fsp3) is 0.200. The number of aromatic nitrogens is 2. The molecule has 0 saturated carbocycles. The zero-order valence-corrected chi connectivity index (χ0v) is 16.4. The highest BCUT2D eigenvalue weighted by Gasteiger charge is 2.24. The quantitative estimate of drug-likeness (QED) is 0.365. The van der Waals surface area contributed by atoms with Crippen LogP contribution in [0.5, 0.6) is 0 Å². The number of thioether (sulfide) groups is 1. The molecular weight excluding hydrogens is 392 g/mol. The van der Waals surface area contributed by atoms with Gasteiger partial charge in [-0.25, -0.2) is 19.6 Å². The summed E-state index contributed by atoms with van der Waals surface area (Å²) in [7, 11) is 0. The topological polar surface area (TPSA) is 106 Å². The van der Waals surface area contributed by atoms with Crippen LogP contribution in [0.15, 0.2) is 63.4 Å². The van der Waals surface area contributed by atoms with Crippen molar-refractivity contribution < 1.29 is 18.7 Å². The Morgan fingerprint density at radius 2 is 2.10 bits per heavy atom. The monoisotopic (exact) mass is 410 g/mol. The molecule has 2 aromatic heterocycles. The molecule has 0 spiro atoms. The lowest BCUT2D eigenvalue weighted by atomic mass is 10.2. The molecule has 0 atom stereocenters. The van der Waals surface area contributed by atoms with Gasteiger partial charge in [0.25, 0.3) is 0 Å². The molecule has 2 N–H and O–H groups in total. The number of nitrogens with one attached hydrogen (secondary N) is 2. The number of rotatable bonds is 6. The van der Waals surface area contributed by atoms with E-state index in [1.807, 2.05) is 24.3 Å². The molecule has 0 bridgehead atoms. The van der Waals surface area contributed by atoms with Crippen molar-refractivity contribution in [2.45, 2.75) is 11.9 Å². The van der Waals surface area contributed by atoms with Crippen LogP contribution in [0.4, 0.5) is 4.79 Å². The van der Waals surface area contributed by atoms with E-state index in [4.69, 9.17) is 9.15 Å². The van der Waals surface area contributed by atoms with Crippen molar-refractivity contribution in [3.63, 3.8) is 0 Å². The number of urea groups is 1. The third-order valence-corrected chi connectivity index (χ3v) is 5.26. The van der Waals surface area contributed by atoms with Crippen LogP contribution in [-0.2, 0) is 9.53 Å². The van der Waals surface area contributed by atoms with Crippen molar-refractivity contribution in [3.8, 4) is 11.6 Å². The number of furan rings is 1. The third kappa shape index (κ3) is 4.09. The van der Waals surface area contributed by atoms with Crippen LogP contribution in [0.1, 0.15) is 6.92 Å². The first-order valence-corrected chi connectivity index (χ1v) is 10.0. The number of fused-ring (bicyclic) bond motifs is 1. The van der Waals surface area contributed by atoms with Crippen molar-refractivity contribution in [3.05, 3.63) is 53.9 Å². The van der Waals surface area contributed by atoms with Crippen molar-refractivity contribution in [1.29, 1.82) is 0 Å². The largest absolute Gasteiger partial charge is 0.463 e. The fourth-order valence-corrected chi connectivity index (χ4v) is 3.89. The number of para-hydroxylation sites is 1. The number of hydrogen-bond acceptors (Lipinski definition) is 7. The van der Waals surface area contributed by atoms with Crippen molar-refractivity contribution in [2.75, 3.05) is 18.9 Å². The summed E-state index contributed by atoms with van der Waals surface area (Å²) in [6, 6.07) is 10.9. The van der Waals surface area contributed by atoms with E-state index in [2.05, 4.69) is 20.6 Å². The average Bonchev–Trinajstić information content (AvgIpc) is 3.27. The zero-order valence-electron chi connectivity index (χ0n) is 15.6. The molecule has 4 rings (SSSR count). The summed E-state index contributed by atoms with van der Waals surface area (Å²) in [5.41, 5.74) is 1.70. The zero-order chi connectivity index (χ0) is 20.2. The lowest BCUT2D eigenvalue weighted by Gasteiger charge is -2.21. The average molecular weight is 410 g/mol. The van der Waals surface area contributed by atoms with E-state index in [0.29, 0.717) is 28.6 Å². The number of nitrogens with zero attached hydrogens (tertiary/aromatic N) is 2. The van der Waals surface area contributed by atoms with Crippen LogP contribution in [0.25, 0.3) is 22.5 Å². The molecule has 3 heterocycles. The van der Waals surface area contributed by atoms with Crippen LogP contribution in [0.2, 0.25) is 0 Å². The number of carbonyl (C=O) groups is 2. The number of hydrogen-bond donors (Lipinski definition) is 2. The Morgan fingerprint density at radius 1 is 1.24 bits per heavy atom.